The van der Waals surface area contributed by atoms with Crippen molar-refractivity contribution >= 4 is 28.1 Å². The number of β-amino-alcohol motifs (C(OH)–C–C–N with tert-alkyl or cyclic N) is 1. The predicted molar refractivity (Wildman–Crippen MR) is 138 cm³/mol. The second-order valence-corrected chi connectivity index (χ2v) is 10.2. The Bertz CT molecular complexity index is 1430. The van der Waals surface area contributed by atoms with Gasteiger partial charge in [0.25, 0.3) is 0 Å². The third-order valence-corrected chi connectivity index (χ3v) is 7.56. The number of halogens is 6. The fourth-order valence-electron chi connectivity index (χ4n) is 4.16. The van der Waals surface area contributed by atoms with Crippen molar-refractivity contribution in [3.63, 3.8) is 0 Å². The molecule has 0 saturated carbocycles. The van der Waals surface area contributed by atoms with Crippen molar-refractivity contribution in [2.75, 3.05) is 11.4 Å². The average Bonchev–Trinajstić information content (AvgIpc) is 3.19. The van der Waals surface area contributed by atoms with Crippen LogP contribution in [0.3, 0.4) is 0 Å². The zero-order chi connectivity index (χ0) is 29.6. The molecule has 0 aliphatic carbocycles. The number of hydrogen-bond acceptors (Lipinski definition) is 5. The number of carbonyl (C=O) groups is 1. The van der Waals surface area contributed by atoms with Crippen LogP contribution < -0.4 is 19.7 Å². The van der Waals surface area contributed by atoms with Crippen molar-refractivity contribution in [1.82, 2.24) is 5.32 Å². The number of anilines is 1. The molecule has 1 aromatic heterocycles. The number of nitrogens with one attached hydrogen (secondary N) is 1. The Balaban J connectivity index is 1.74. The molecule has 2 atom stereocenters. The van der Waals surface area contributed by atoms with E-state index in [9.17, 15) is 36.2 Å². The van der Waals surface area contributed by atoms with E-state index in [0.29, 0.717) is 16.0 Å². The molecular formula is C27H24F6N2O4S. The minimum Gasteiger partial charge on any atom is -0.482 e. The number of hydrogen-bond donors (Lipinski definition) is 2. The lowest BCUT2D eigenvalue weighted by Crippen LogP contribution is -2.49. The molecule has 3 aromatic rings. The summed E-state index contributed by atoms with van der Waals surface area (Å²) in [5.74, 6) is -0.795. The van der Waals surface area contributed by atoms with Gasteiger partial charge in [0.1, 0.15) is 11.1 Å². The number of aryl methyl sites for hydroxylation is 1. The Morgan fingerprint density at radius 3 is 2.30 bits per heavy atom. The summed E-state index contributed by atoms with van der Waals surface area (Å²) in [6.07, 6.45) is -13.4. The fraction of sp³-hybridized carbons (Fsp3) is 0.296. The van der Waals surface area contributed by atoms with Crippen molar-refractivity contribution in [1.29, 1.82) is 0 Å². The maximum absolute atomic E-state index is 13.3. The number of thiophene rings is 1. The molecule has 40 heavy (non-hydrogen) atoms. The standard InChI is InChI=1S/C27H24F6N2O4S/c1-13-5-7-17(8-6-13)16(4)38-19-10-9-18(11-20(19)39-27(31,32)33)23-14(2)22-15(3)34-25(37)35(24(22)40-23)12-21(36)26(28,29)30/h5-11,16,21,36H,3,12H2,1-2,4H3,(H,34,37). The molecule has 1 aliphatic heterocycles. The topological polar surface area (TPSA) is 71.0 Å². The molecule has 0 fully saturated rings. The lowest BCUT2D eigenvalue weighted by atomic mass is 10.0. The third-order valence-electron chi connectivity index (χ3n) is 6.19. The zero-order valence-corrected chi connectivity index (χ0v) is 22.2. The summed E-state index contributed by atoms with van der Waals surface area (Å²) in [6.45, 7) is 7.84. The number of ether oxygens (including phenoxy) is 2. The maximum Gasteiger partial charge on any atom is 0.573 e. The van der Waals surface area contributed by atoms with Crippen LogP contribution in [0.2, 0.25) is 0 Å². The molecule has 4 rings (SSSR count). The average molecular weight is 587 g/mol. The van der Waals surface area contributed by atoms with Gasteiger partial charge in [0.05, 0.1) is 6.54 Å². The van der Waals surface area contributed by atoms with Crippen LogP contribution in [0.4, 0.5) is 36.1 Å². The van der Waals surface area contributed by atoms with Gasteiger partial charge in [-0.2, -0.15) is 13.2 Å². The van der Waals surface area contributed by atoms with Gasteiger partial charge >= 0.3 is 18.6 Å². The number of urea groups is 1. The predicted octanol–water partition coefficient (Wildman–Crippen LogP) is 7.49. The van der Waals surface area contributed by atoms with Crippen LogP contribution in [-0.2, 0) is 0 Å². The normalized spacial score (nSPS) is 15.4. The SMILES string of the molecule is C=C1NC(=O)N(CC(O)C(F)(F)F)c2sc(-c3ccc(OC(C)c4ccc(C)cc4)c(OC(F)(F)F)c3)c(C)c21. The Morgan fingerprint density at radius 2 is 1.70 bits per heavy atom. The van der Waals surface area contributed by atoms with Gasteiger partial charge in [-0.15, -0.1) is 24.5 Å². The summed E-state index contributed by atoms with van der Waals surface area (Å²) < 4.78 is 89.2. The van der Waals surface area contributed by atoms with E-state index >= 15 is 0 Å². The van der Waals surface area contributed by atoms with Crippen molar-refractivity contribution < 1.29 is 45.7 Å². The van der Waals surface area contributed by atoms with Gasteiger partial charge in [-0.3, -0.25) is 4.90 Å². The molecule has 2 amide bonds. The second kappa shape index (κ2) is 10.7. The number of benzene rings is 2. The van der Waals surface area contributed by atoms with Crippen LogP contribution in [-0.4, -0.2) is 36.3 Å². The molecular weight excluding hydrogens is 562 g/mol. The Kier molecular flexibility index (Phi) is 7.83. The molecule has 214 valence electrons. The van der Waals surface area contributed by atoms with Gasteiger partial charge < -0.3 is 19.9 Å². The van der Waals surface area contributed by atoms with E-state index in [1.165, 1.54) is 12.1 Å². The summed E-state index contributed by atoms with van der Waals surface area (Å²) in [5, 5.41) is 12.0. The van der Waals surface area contributed by atoms with Crippen LogP contribution >= 0.6 is 11.3 Å². The number of aliphatic hydroxyl groups is 1. The summed E-state index contributed by atoms with van der Waals surface area (Å²) in [5.41, 5.74) is 2.84. The number of nitrogens with zero attached hydrogens (tertiary/aromatic N) is 1. The van der Waals surface area contributed by atoms with E-state index in [2.05, 4.69) is 16.6 Å². The molecule has 0 bridgehead atoms. The van der Waals surface area contributed by atoms with Crippen molar-refractivity contribution in [3.05, 3.63) is 71.3 Å². The highest BCUT2D eigenvalue weighted by Crippen LogP contribution is 2.48. The second-order valence-electron chi connectivity index (χ2n) is 9.19. The van der Waals surface area contributed by atoms with Crippen molar-refractivity contribution in [3.8, 4) is 21.9 Å². The quantitative estimate of drug-likeness (QED) is 0.282. The van der Waals surface area contributed by atoms with Crippen LogP contribution in [0.5, 0.6) is 11.5 Å². The summed E-state index contributed by atoms with van der Waals surface area (Å²) >= 11 is 0.876. The first-order chi connectivity index (χ1) is 18.5. The Morgan fingerprint density at radius 1 is 1.05 bits per heavy atom. The zero-order valence-electron chi connectivity index (χ0n) is 21.4. The molecule has 6 nitrogen and oxygen atoms in total. The van der Waals surface area contributed by atoms with E-state index in [-0.39, 0.29) is 22.0 Å². The van der Waals surface area contributed by atoms with Crippen LogP contribution in [0.25, 0.3) is 16.1 Å². The molecule has 2 unspecified atom stereocenters. The van der Waals surface area contributed by atoms with Crippen LogP contribution in [0.15, 0.2) is 49.0 Å². The molecule has 13 heteroatoms. The van der Waals surface area contributed by atoms with E-state index in [4.69, 9.17) is 4.74 Å². The highest BCUT2D eigenvalue weighted by molar-refractivity contribution is 7.20. The number of rotatable bonds is 7. The summed E-state index contributed by atoms with van der Waals surface area (Å²) in [4.78, 5) is 13.6. The first kappa shape index (κ1) is 29.3. The molecule has 0 radical (unpaired) electrons. The minimum absolute atomic E-state index is 0.0659. The van der Waals surface area contributed by atoms with Crippen molar-refractivity contribution in [2.24, 2.45) is 0 Å². The number of carbonyl (C=O) groups excluding carboxylic acids is 1. The highest BCUT2D eigenvalue weighted by Gasteiger charge is 2.42. The minimum atomic E-state index is -5.04. The van der Waals surface area contributed by atoms with E-state index in [0.717, 1.165) is 33.4 Å². The number of aliphatic hydroxyl groups excluding tert-OH is 1. The number of alkyl halides is 6. The van der Waals surface area contributed by atoms with Crippen molar-refractivity contribution in [2.45, 2.75) is 45.5 Å². The summed E-state index contributed by atoms with van der Waals surface area (Å²) in [7, 11) is 0. The van der Waals surface area contributed by atoms with E-state index < -0.39 is 43.1 Å². The maximum atomic E-state index is 13.3. The van der Waals surface area contributed by atoms with Gasteiger partial charge in [0, 0.05) is 16.1 Å². The monoisotopic (exact) mass is 586 g/mol. The fourth-order valence-corrected chi connectivity index (χ4v) is 5.50. The first-order valence-corrected chi connectivity index (χ1v) is 12.7. The Labute approximate surface area is 229 Å². The van der Waals surface area contributed by atoms with Gasteiger partial charge in [0.2, 0.25) is 0 Å². The highest BCUT2D eigenvalue weighted by atomic mass is 32.1. The third kappa shape index (κ3) is 6.20. The van der Waals surface area contributed by atoms with E-state index in [1.54, 1.807) is 26.0 Å². The molecule has 2 heterocycles. The van der Waals surface area contributed by atoms with Gasteiger partial charge in [-0.25, -0.2) is 4.79 Å². The molecule has 1 aliphatic rings. The van der Waals surface area contributed by atoms with Gasteiger partial charge in [-0.05, 0) is 55.7 Å². The summed E-state index contributed by atoms with van der Waals surface area (Å²) in [6, 6.07) is 10.3. The lowest BCUT2D eigenvalue weighted by molar-refractivity contribution is -0.275. The number of amides is 2. The largest absolute Gasteiger partial charge is 0.573 e. The molecule has 2 aromatic carbocycles. The smallest absolute Gasteiger partial charge is 0.482 e. The van der Waals surface area contributed by atoms with Gasteiger partial charge in [-0.1, -0.05) is 36.4 Å². The molecule has 0 saturated heterocycles. The van der Waals surface area contributed by atoms with Crippen LogP contribution in [0.1, 0.15) is 35.3 Å². The molecule has 2 N–H and O–H groups in total. The molecule has 0 spiro atoms. The van der Waals surface area contributed by atoms with Gasteiger partial charge in [0.15, 0.2) is 17.6 Å². The van der Waals surface area contributed by atoms with Crippen LogP contribution in [0, 0.1) is 13.8 Å². The lowest BCUT2D eigenvalue weighted by Gasteiger charge is -2.30. The first-order valence-electron chi connectivity index (χ1n) is 11.8. The van der Waals surface area contributed by atoms with E-state index in [1.807, 2.05) is 19.1 Å². The number of fused-ring (bicyclic) bond motifs is 1. The Hall–Kier alpha value is -3.71.